The van der Waals surface area contributed by atoms with E-state index >= 15 is 0 Å². The first kappa shape index (κ1) is 13.8. The molecule has 2 fully saturated rings. The summed E-state index contributed by atoms with van der Waals surface area (Å²) in [4.78, 5) is 12.0. The highest BCUT2D eigenvalue weighted by Gasteiger charge is 2.32. The zero-order valence-corrected chi connectivity index (χ0v) is 10.8. The van der Waals surface area contributed by atoms with Crippen LogP contribution in [0.3, 0.4) is 0 Å². The summed E-state index contributed by atoms with van der Waals surface area (Å²) < 4.78 is 0. The van der Waals surface area contributed by atoms with Crippen molar-refractivity contribution in [3.63, 3.8) is 0 Å². The van der Waals surface area contributed by atoms with Crippen molar-refractivity contribution in [2.75, 3.05) is 6.54 Å². The van der Waals surface area contributed by atoms with Crippen molar-refractivity contribution in [1.82, 2.24) is 10.6 Å². The molecule has 1 heterocycles. The summed E-state index contributed by atoms with van der Waals surface area (Å²) >= 11 is 0. The minimum atomic E-state index is 0. The molecular weight excluding hydrogens is 224 g/mol. The Kier molecular flexibility index (Phi) is 5.56. The molecule has 0 bridgehead atoms. The molecule has 1 aliphatic carbocycles. The Hall–Kier alpha value is -0.280. The van der Waals surface area contributed by atoms with Gasteiger partial charge in [-0.05, 0) is 32.2 Å². The van der Waals surface area contributed by atoms with Crippen LogP contribution in [-0.4, -0.2) is 24.5 Å². The average molecular weight is 247 g/mol. The van der Waals surface area contributed by atoms with E-state index in [1.807, 2.05) is 0 Å². The minimum Gasteiger partial charge on any atom is -0.353 e. The van der Waals surface area contributed by atoms with E-state index in [1.165, 1.54) is 25.7 Å². The molecule has 1 saturated heterocycles. The van der Waals surface area contributed by atoms with Crippen LogP contribution in [0.4, 0.5) is 0 Å². The van der Waals surface area contributed by atoms with Crippen molar-refractivity contribution in [3.8, 4) is 0 Å². The van der Waals surface area contributed by atoms with Gasteiger partial charge in [0.25, 0.3) is 0 Å². The van der Waals surface area contributed by atoms with E-state index in [9.17, 15) is 4.79 Å². The van der Waals surface area contributed by atoms with E-state index < -0.39 is 0 Å². The maximum Gasteiger partial charge on any atom is 0.224 e. The first-order valence-corrected chi connectivity index (χ1v) is 6.35. The maximum absolute atomic E-state index is 12.0. The fraction of sp³-hybridized carbons (Fsp3) is 0.917. The molecule has 16 heavy (non-hydrogen) atoms. The van der Waals surface area contributed by atoms with Crippen molar-refractivity contribution < 1.29 is 4.79 Å². The van der Waals surface area contributed by atoms with E-state index in [-0.39, 0.29) is 18.3 Å². The molecule has 0 aromatic rings. The summed E-state index contributed by atoms with van der Waals surface area (Å²) in [5.41, 5.74) is 0. The third-order valence-electron chi connectivity index (χ3n) is 3.83. The van der Waals surface area contributed by atoms with Gasteiger partial charge in [-0.3, -0.25) is 4.79 Å². The second-order valence-electron chi connectivity index (χ2n) is 4.85. The number of hydrogen-bond donors (Lipinski definition) is 2. The van der Waals surface area contributed by atoms with Crippen molar-refractivity contribution in [3.05, 3.63) is 0 Å². The first-order chi connectivity index (χ1) is 7.31. The molecule has 2 aliphatic rings. The van der Waals surface area contributed by atoms with Gasteiger partial charge in [-0.15, -0.1) is 12.4 Å². The number of carbonyl (C=O) groups is 1. The zero-order chi connectivity index (χ0) is 10.7. The van der Waals surface area contributed by atoms with Crippen LogP contribution in [0.1, 0.15) is 45.4 Å². The smallest absolute Gasteiger partial charge is 0.224 e. The normalized spacial score (nSPS) is 30.1. The molecule has 0 spiro atoms. The van der Waals surface area contributed by atoms with Crippen molar-refractivity contribution in [2.24, 2.45) is 5.92 Å². The molecule has 3 nitrogen and oxygen atoms in total. The summed E-state index contributed by atoms with van der Waals surface area (Å²) in [6, 6.07) is 0.877. The summed E-state index contributed by atoms with van der Waals surface area (Å²) in [6.07, 6.45) is 7.00. The zero-order valence-electron chi connectivity index (χ0n) is 10.00. The lowest BCUT2D eigenvalue weighted by molar-refractivity contribution is -0.125. The maximum atomic E-state index is 12.0. The summed E-state index contributed by atoms with van der Waals surface area (Å²) in [5.74, 6) is 0.509. The van der Waals surface area contributed by atoms with Gasteiger partial charge in [0.05, 0.1) is 5.92 Å². The molecule has 1 amide bonds. The molecule has 0 radical (unpaired) electrons. The molecule has 94 valence electrons. The van der Waals surface area contributed by atoms with Crippen LogP contribution in [0.2, 0.25) is 0 Å². The predicted octanol–water partition coefficient (Wildman–Crippen LogP) is 1.86. The van der Waals surface area contributed by atoms with Crippen LogP contribution in [0.5, 0.6) is 0 Å². The Morgan fingerprint density at radius 1 is 1.31 bits per heavy atom. The van der Waals surface area contributed by atoms with Gasteiger partial charge in [0, 0.05) is 12.1 Å². The molecule has 2 N–H and O–H groups in total. The molecule has 4 heteroatoms. The monoisotopic (exact) mass is 246 g/mol. The van der Waals surface area contributed by atoms with Crippen LogP contribution in [0.15, 0.2) is 0 Å². The highest BCUT2D eigenvalue weighted by molar-refractivity contribution is 5.85. The van der Waals surface area contributed by atoms with Gasteiger partial charge in [-0.1, -0.05) is 19.8 Å². The predicted molar refractivity (Wildman–Crippen MR) is 67.8 cm³/mol. The minimum absolute atomic E-state index is 0. The summed E-state index contributed by atoms with van der Waals surface area (Å²) in [7, 11) is 0. The highest BCUT2D eigenvalue weighted by Crippen LogP contribution is 2.21. The molecule has 2 atom stereocenters. The Morgan fingerprint density at radius 2 is 2.00 bits per heavy atom. The Bertz CT molecular complexity index is 229. The third kappa shape index (κ3) is 3.11. The molecule has 1 saturated carbocycles. The van der Waals surface area contributed by atoms with Gasteiger partial charge in [0.15, 0.2) is 0 Å². The first-order valence-electron chi connectivity index (χ1n) is 6.35. The molecule has 1 aliphatic heterocycles. The lowest BCUT2D eigenvalue weighted by Gasteiger charge is -2.20. The second kappa shape index (κ2) is 6.45. The third-order valence-corrected chi connectivity index (χ3v) is 3.83. The number of hydrogen-bond acceptors (Lipinski definition) is 2. The van der Waals surface area contributed by atoms with E-state index in [4.69, 9.17) is 0 Å². The molecule has 2 unspecified atom stereocenters. The van der Waals surface area contributed by atoms with E-state index in [0.29, 0.717) is 18.0 Å². The summed E-state index contributed by atoms with van der Waals surface area (Å²) in [5, 5.41) is 6.61. The van der Waals surface area contributed by atoms with Crippen LogP contribution in [0, 0.1) is 5.92 Å². The number of carbonyl (C=O) groups excluding carboxylic acids is 1. The number of rotatable bonds is 3. The quantitative estimate of drug-likeness (QED) is 0.798. The van der Waals surface area contributed by atoms with Crippen molar-refractivity contribution in [1.29, 1.82) is 0 Å². The number of amides is 1. The number of nitrogens with one attached hydrogen (secondary N) is 2. The Morgan fingerprint density at radius 3 is 2.62 bits per heavy atom. The molecule has 0 aromatic carbocycles. The molecule has 0 aromatic heterocycles. The SMILES string of the molecule is CCC1NCCC1C(=O)NC1CCCC1.Cl. The topological polar surface area (TPSA) is 41.1 Å². The highest BCUT2D eigenvalue weighted by atomic mass is 35.5. The summed E-state index contributed by atoms with van der Waals surface area (Å²) in [6.45, 7) is 3.15. The second-order valence-corrected chi connectivity index (χ2v) is 4.85. The van der Waals surface area contributed by atoms with Gasteiger partial charge in [0.1, 0.15) is 0 Å². The van der Waals surface area contributed by atoms with Gasteiger partial charge in [0.2, 0.25) is 5.91 Å². The van der Waals surface area contributed by atoms with Crippen molar-refractivity contribution in [2.45, 2.75) is 57.5 Å². The lowest BCUT2D eigenvalue weighted by atomic mass is 9.97. The van der Waals surface area contributed by atoms with Crippen LogP contribution in [-0.2, 0) is 4.79 Å². The van der Waals surface area contributed by atoms with Gasteiger partial charge in [-0.2, -0.15) is 0 Å². The molecule has 2 rings (SSSR count). The van der Waals surface area contributed by atoms with Crippen LogP contribution >= 0.6 is 12.4 Å². The van der Waals surface area contributed by atoms with E-state index in [2.05, 4.69) is 17.6 Å². The van der Waals surface area contributed by atoms with E-state index in [0.717, 1.165) is 19.4 Å². The van der Waals surface area contributed by atoms with E-state index in [1.54, 1.807) is 0 Å². The number of halogens is 1. The Labute approximate surface area is 104 Å². The standard InChI is InChI=1S/C12H22N2O.ClH/c1-2-11-10(7-8-13-11)12(15)14-9-5-3-4-6-9;/h9-11,13H,2-8H2,1H3,(H,14,15);1H. The van der Waals surface area contributed by atoms with Crippen LogP contribution in [0.25, 0.3) is 0 Å². The van der Waals surface area contributed by atoms with Gasteiger partial charge in [-0.25, -0.2) is 0 Å². The van der Waals surface area contributed by atoms with Crippen molar-refractivity contribution >= 4 is 18.3 Å². The fourth-order valence-corrected chi connectivity index (χ4v) is 2.89. The van der Waals surface area contributed by atoms with Gasteiger partial charge < -0.3 is 10.6 Å². The molecular formula is C12H23ClN2O. The Balaban J connectivity index is 0.00000128. The lowest BCUT2D eigenvalue weighted by Crippen LogP contribution is -2.41. The van der Waals surface area contributed by atoms with Gasteiger partial charge >= 0.3 is 0 Å². The van der Waals surface area contributed by atoms with Crippen LogP contribution < -0.4 is 10.6 Å². The fourth-order valence-electron chi connectivity index (χ4n) is 2.89. The largest absolute Gasteiger partial charge is 0.353 e. The average Bonchev–Trinajstić information content (AvgIpc) is 2.86.